The van der Waals surface area contributed by atoms with Gasteiger partial charge in [0.15, 0.2) is 0 Å². The Morgan fingerprint density at radius 3 is 2.29 bits per heavy atom. The van der Waals surface area contributed by atoms with Gasteiger partial charge in [0, 0.05) is 27.7 Å². The number of nitrogens with zero attached hydrogens (tertiary/aromatic N) is 1. The Hall–Kier alpha value is -0.910. The maximum absolute atomic E-state index is 13.1. The summed E-state index contributed by atoms with van der Waals surface area (Å²) < 4.78 is 15.1. The van der Waals surface area contributed by atoms with Crippen molar-refractivity contribution < 1.29 is 4.39 Å². The van der Waals surface area contributed by atoms with Crippen LogP contribution in [0.1, 0.15) is 18.5 Å². The van der Waals surface area contributed by atoms with Gasteiger partial charge in [-0.2, -0.15) is 0 Å². The molecular formula is C16H17Br2FN2. The molecule has 1 unspecified atom stereocenters. The van der Waals surface area contributed by atoms with Crippen molar-refractivity contribution in [2.75, 3.05) is 18.0 Å². The first kappa shape index (κ1) is 16.5. The number of nitrogens with two attached hydrogens (primary N) is 1. The highest BCUT2D eigenvalue weighted by Crippen LogP contribution is 2.31. The van der Waals surface area contributed by atoms with Crippen molar-refractivity contribution in [3.63, 3.8) is 0 Å². The third-order valence-electron chi connectivity index (χ3n) is 3.43. The van der Waals surface area contributed by atoms with Crippen molar-refractivity contribution in [1.82, 2.24) is 0 Å². The fourth-order valence-electron chi connectivity index (χ4n) is 2.38. The third kappa shape index (κ3) is 3.84. The molecule has 2 rings (SSSR count). The lowest BCUT2D eigenvalue weighted by Crippen LogP contribution is -2.33. The molecule has 0 aliphatic heterocycles. The summed E-state index contributed by atoms with van der Waals surface area (Å²) in [6, 6.07) is 12.7. The summed E-state index contributed by atoms with van der Waals surface area (Å²) in [5, 5.41) is 0. The zero-order valence-corrected chi connectivity index (χ0v) is 14.9. The summed E-state index contributed by atoms with van der Waals surface area (Å²) in [5.41, 5.74) is 8.08. The molecule has 0 aliphatic carbocycles. The lowest BCUT2D eigenvalue weighted by molar-refractivity contribution is 0.622. The number of likely N-dealkylation sites (N-methyl/N-ethyl adjacent to an activating group) is 1. The predicted molar refractivity (Wildman–Crippen MR) is 93.1 cm³/mol. The molecule has 0 saturated heterocycles. The zero-order valence-electron chi connectivity index (χ0n) is 11.7. The van der Waals surface area contributed by atoms with Crippen LogP contribution < -0.4 is 10.6 Å². The third-order valence-corrected chi connectivity index (χ3v) is 5.31. The Morgan fingerprint density at radius 1 is 1.10 bits per heavy atom. The minimum absolute atomic E-state index is 0.0462. The van der Waals surface area contributed by atoms with E-state index in [0.29, 0.717) is 6.54 Å². The first-order valence-corrected chi connectivity index (χ1v) is 8.32. The van der Waals surface area contributed by atoms with Gasteiger partial charge in [0.25, 0.3) is 0 Å². The summed E-state index contributed by atoms with van der Waals surface area (Å²) in [6.45, 7) is 3.35. The molecule has 0 bridgehead atoms. The number of benzene rings is 2. The van der Waals surface area contributed by atoms with Crippen LogP contribution in [0.2, 0.25) is 0 Å². The van der Waals surface area contributed by atoms with E-state index in [1.54, 1.807) is 12.1 Å². The van der Waals surface area contributed by atoms with E-state index in [4.69, 9.17) is 5.73 Å². The standard InChI is InChI=1S/C16H17Br2FN2/c1-2-21(13-6-4-12(19)5-7-13)16(10-20)11-3-8-14(17)15(18)9-11/h3-9,16H,2,10,20H2,1H3. The second kappa shape index (κ2) is 7.38. The van der Waals surface area contributed by atoms with E-state index >= 15 is 0 Å². The molecule has 2 aromatic carbocycles. The van der Waals surface area contributed by atoms with Gasteiger partial charge in [-0.25, -0.2) is 4.39 Å². The average molecular weight is 416 g/mol. The Morgan fingerprint density at radius 2 is 1.76 bits per heavy atom. The maximum Gasteiger partial charge on any atom is 0.123 e. The molecule has 21 heavy (non-hydrogen) atoms. The van der Waals surface area contributed by atoms with Crippen LogP contribution in [-0.2, 0) is 0 Å². The highest BCUT2D eigenvalue weighted by molar-refractivity contribution is 9.13. The van der Waals surface area contributed by atoms with E-state index in [2.05, 4.69) is 55.8 Å². The fourth-order valence-corrected chi connectivity index (χ4v) is 3.02. The largest absolute Gasteiger partial charge is 0.363 e. The molecule has 0 amide bonds. The van der Waals surface area contributed by atoms with Gasteiger partial charge < -0.3 is 10.6 Å². The van der Waals surface area contributed by atoms with Gasteiger partial charge in [0.1, 0.15) is 5.82 Å². The first-order valence-electron chi connectivity index (χ1n) is 6.74. The quantitative estimate of drug-likeness (QED) is 0.754. The highest BCUT2D eigenvalue weighted by atomic mass is 79.9. The summed E-state index contributed by atoms with van der Waals surface area (Å²) in [6.07, 6.45) is 0. The van der Waals surface area contributed by atoms with Crippen LogP contribution in [0.4, 0.5) is 10.1 Å². The molecular weight excluding hydrogens is 399 g/mol. The summed E-state index contributed by atoms with van der Waals surface area (Å²) >= 11 is 7.00. The molecule has 0 fully saturated rings. The van der Waals surface area contributed by atoms with E-state index in [-0.39, 0.29) is 11.9 Å². The van der Waals surface area contributed by atoms with E-state index in [0.717, 1.165) is 26.7 Å². The van der Waals surface area contributed by atoms with Crippen molar-refractivity contribution in [3.8, 4) is 0 Å². The average Bonchev–Trinajstić information content (AvgIpc) is 2.49. The second-order valence-electron chi connectivity index (χ2n) is 4.69. The normalized spacial score (nSPS) is 12.2. The van der Waals surface area contributed by atoms with Crippen LogP contribution in [0, 0.1) is 5.82 Å². The number of rotatable bonds is 5. The molecule has 0 spiro atoms. The maximum atomic E-state index is 13.1. The molecule has 2 aromatic rings. The van der Waals surface area contributed by atoms with Crippen molar-refractivity contribution in [2.24, 2.45) is 5.73 Å². The molecule has 0 aromatic heterocycles. The fraction of sp³-hybridized carbons (Fsp3) is 0.250. The minimum Gasteiger partial charge on any atom is -0.363 e. The van der Waals surface area contributed by atoms with Crippen LogP contribution in [-0.4, -0.2) is 13.1 Å². The zero-order chi connectivity index (χ0) is 15.4. The molecule has 2 N–H and O–H groups in total. The van der Waals surface area contributed by atoms with Crippen molar-refractivity contribution in [3.05, 3.63) is 62.8 Å². The van der Waals surface area contributed by atoms with E-state index < -0.39 is 0 Å². The molecule has 0 saturated carbocycles. The first-order chi connectivity index (χ1) is 10.1. The van der Waals surface area contributed by atoms with Gasteiger partial charge in [-0.1, -0.05) is 6.07 Å². The van der Waals surface area contributed by atoms with Gasteiger partial charge >= 0.3 is 0 Å². The molecule has 2 nitrogen and oxygen atoms in total. The molecule has 0 heterocycles. The van der Waals surface area contributed by atoms with Crippen LogP contribution in [0.3, 0.4) is 0 Å². The van der Waals surface area contributed by atoms with Crippen molar-refractivity contribution in [2.45, 2.75) is 13.0 Å². The summed E-state index contributed by atoms with van der Waals surface area (Å²) in [4.78, 5) is 2.18. The predicted octanol–water partition coefficient (Wildman–Crippen LogP) is 4.88. The minimum atomic E-state index is -0.231. The van der Waals surface area contributed by atoms with Gasteiger partial charge in [-0.05, 0) is 80.7 Å². The number of hydrogen-bond donors (Lipinski definition) is 1. The van der Waals surface area contributed by atoms with E-state index in [9.17, 15) is 4.39 Å². The number of hydrogen-bond acceptors (Lipinski definition) is 2. The van der Waals surface area contributed by atoms with Crippen molar-refractivity contribution >= 4 is 37.5 Å². The Labute approximate surface area is 141 Å². The van der Waals surface area contributed by atoms with Gasteiger partial charge in [0.2, 0.25) is 0 Å². The molecule has 112 valence electrons. The van der Waals surface area contributed by atoms with Crippen LogP contribution >= 0.6 is 31.9 Å². The van der Waals surface area contributed by atoms with Crippen LogP contribution in [0.15, 0.2) is 51.4 Å². The molecule has 1 atom stereocenters. The Bertz CT molecular complexity index is 602. The Balaban J connectivity index is 2.36. The van der Waals surface area contributed by atoms with E-state index in [1.807, 2.05) is 6.07 Å². The monoisotopic (exact) mass is 414 g/mol. The second-order valence-corrected chi connectivity index (χ2v) is 6.40. The van der Waals surface area contributed by atoms with Crippen LogP contribution in [0.25, 0.3) is 0 Å². The highest BCUT2D eigenvalue weighted by Gasteiger charge is 2.19. The number of anilines is 1. The van der Waals surface area contributed by atoms with Gasteiger partial charge in [0.05, 0.1) is 6.04 Å². The van der Waals surface area contributed by atoms with Crippen LogP contribution in [0.5, 0.6) is 0 Å². The molecule has 5 heteroatoms. The Kier molecular flexibility index (Phi) is 5.79. The van der Waals surface area contributed by atoms with Crippen molar-refractivity contribution in [1.29, 1.82) is 0 Å². The smallest absolute Gasteiger partial charge is 0.123 e. The summed E-state index contributed by atoms with van der Waals surface area (Å²) in [7, 11) is 0. The lowest BCUT2D eigenvalue weighted by Gasteiger charge is -2.32. The molecule has 0 radical (unpaired) electrons. The van der Waals surface area contributed by atoms with Gasteiger partial charge in [-0.15, -0.1) is 0 Å². The summed E-state index contributed by atoms with van der Waals surface area (Å²) in [5.74, 6) is -0.231. The number of halogens is 3. The lowest BCUT2D eigenvalue weighted by atomic mass is 10.0. The van der Waals surface area contributed by atoms with E-state index in [1.165, 1.54) is 12.1 Å². The van der Waals surface area contributed by atoms with Gasteiger partial charge in [-0.3, -0.25) is 0 Å². The SMILES string of the molecule is CCN(c1ccc(F)cc1)C(CN)c1ccc(Br)c(Br)c1. The molecule has 0 aliphatic rings. The topological polar surface area (TPSA) is 29.3 Å².